The van der Waals surface area contributed by atoms with E-state index < -0.39 is 0 Å². The first kappa shape index (κ1) is 16.0. The molecule has 7 heteroatoms. The lowest BCUT2D eigenvalue weighted by Crippen LogP contribution is -2.03. The molecule has 0 unspecified atom stereocenters. The van der Waals surface area contributed by atoms with Gasteiger partial charge in [0.2, 0.25) is 11.8 Å². The Hall–Kier alpha value is -2.34. The molecule has 1 aromatic carbocycles. The summed E-state index contributed by atoms with van der Waals surface area (Å²) in [5.74, 6) is 0.726. The van der Waals surface area contributed by atoms with E-state index in [9.17, 15) is 4.79 Å². The molecule has 0 aliphatic rings. The Kier molecular flexibility index (Phi) is 5.16. The molecule has 0 aliphatic heterocycles. The average Bonchev–Trinajstić information content (AvgIpc) is 2.54. The van der Waals surface area contributed by atoms with Crippen molar-refractivity contribution in [1.29, 1.82) is 0 Å². The third-order valence-electron chi connectivity index (χ3n) is 2.85. The van der Waals surface area contributed by atoms with Crippen molar-refractivity contribution in [3.63, 3.8) is 0 Å². The van der Waals surface area contributed by atoms with E-state index in [2.05, 4.69) is 9.97 Å². The molecule has 0 amide bonds. The number of benzene rings is 1. The van der Waals surface area contributed by atoms with Gasteiger partial charge in [-0.05, 0) is 12.1 Å². The van der Waals surface area contributed by atoms with Gasteiger partial charge in [-0.3, -0.25) is 4.79 Å². The lowest BCUT2D eigenvalue weighted by atomic mass is 10.1. The normalized spacial score (nSPS) is 10.2. The maximum absolute atomic E-state index is 12.0. The van der Waals surface area contributed by atoms with Gasteiger partial charge in [0, 0.05) is 6.42 Å². The minimum absolute atomic E-state index is 0.00335. The fourth-order valence-electron chi connectivity index (χ4n) is 1.77. The molecule has 2 aromatic rings. The summed E-state index contributed by atoms with van der Waals surface area (Å²) in [5.41, 5.74) is 0.303. The van der Waals surface area contributed by atoms with Gasteiger partial charge in [-0.15, -0.1) is 0 Å². The van der Waals surface area contributed by atoms with Gasteiger partial charge in [-0.25, -0.2) is 0 Å². The maximum atomic E-state index is 12.0. The van der Waals surface area contributed by atoms with Crippen LogP contribution in [0.3, 0.4) is 0 Å². The summed E-state index contributed by atoms with van der Waals surface area (Å²) in [4.78, 5) is 20.2. The minimum Gasteiger partial charge on any atom is -0.481 e. The van der Waals surface area contributed by atoms with E-state index in [1.165, 1.54) is 20.3 Å². The van der Waals surface area contributed by atoms with Crippen molar-refractivity contribution in [1.82, 2.24) is 9.97 Å². The molecule has 0 fully saturated rings. The van der Waals surface area contributed by atoms with Crippen molar-refractivity contribution in [3.05, 3.63) is 34.9 Å². The first-order chi connectivity index (χ1) is 10.6. The predicted molar refractivity (Wildman–Crippen MR) is 81.3 cm³/mol. The first-order valence-electron chi connectivity index (χ1n) is 6.55. The molecule has 116 valence electrons. The summed E-state index contributed by atoms with van der Waals surface area (Å²) >= 11 is 6.10. The van der Waals surface area contributed by atoms with Crippen LogP contribution in [0.5, 0.6) is 23.5 Å². The van der Waals surface area contributed by atoms with Gasteiger partial charge in [0.15, 0.2) is 5.78 Å². The monoisotopic (exact) mass is 322 g/mol. The molecule has 0 bridgehead atoms. The number of nitrogens with zero attached hydrogens (tertiary/aromatic N) is 2. The van der Waals surface area contributed by atoms with Crippen molar-refractivity contribution in [3.8, 4) is 23.5 Å². The van der Waals surface area contributed by atoms with Gasteiger partial charge in [0.05, 0.1) is 30.9 Å². The number of Topliss-reactive ketones (excluding diaryl/α,β-unsaturated/α-hetero) is 1. The predicted octanol–water partition coefficient (Wildman–Crippen LogP) is 3.53. The second-order valence-corrected chi connectivity index (χ2v) is 4.63. The zero-order valence-electron chi connectivity index (χ0n) is 12.4. The fourth-order valence-corrected chi connectivity index (χ4v) is 2.04. The molecule has 0 saturated heterocycles. The number of methoxy groups -OCH3 is 2. The van der Waals surface area contributed by atoms with E-state index in [1.807, 2.05) is 0 Å². The quantitative estimate of drug-likeness (QED) is 0.758. The van der Waals surface area contributed by atoms with Gasteiger partial charge in [-0.1, -0.05) is 24.6 Å². The van der Waals surface area contributed by atoms with Crippen LogP contribution in [0.2, 0.25) is 5.02 Å². The number of rotatable bonds is 6. The SMILES string of the molecule is CCC(=O)c1c(Cl)cccc1Oc1nc(OC)cc(OC)n1. The van der Waals surface area contributed by atoms with E-state index in [4.69, 9.17) is 25.8 Å². The van der Waals surface area contributed by atoms with Crippen LogP contribution in [0.25, 0.3) is 0 Å². The molecule has 0 N–H and O–H groups in total. The summed E-state index contributed by atoms with van der Waals surface area (Å²) in [6, 6.07) is 6.46. The molecule has 0 radical (unpaired) electrons. The summed E-state index contributed by atoms with van der Waals surface area (Å²) in [5, 5.41) is 0.319. The Balaban J connectivity index is 2.43. The van der Waals surface area contributed by atoms with E-state index in [-0.39, 0.29) is 29.3 Å². The van der Waals surface area contributed by atoms with Crippen LogP contribution in [0.4, 0.5) is 0 Å². The molecular weight excluding hydrogens is 308 g/mol. The highest BCUT2D eigenvalue weighted by molar-refractivity contribution is 6.34. The van der Waals surface area contributed by atoms with Crippen LogP contribution >= 0.6 is 11.6 Å². The maximum Gasteiger partial charge on any atom is 0.328 e. The standard InChI is InChI=1S/C15H15ClN2O4/c1-4-10(19)14-9(16)6-5-7-11(14)22-15-17-12(20-2)8-13(18-15)21-3/h5-8H,4H2,1-3H3. The van der Waals surface area contributed by atoms with Gasteiger partial charge in [0.25, 0.3) is 0 Å². The topological polar surface area (TPSA) is 70.5 Å². The van der Waals surface area contributed by atoms with Crippen molar-refractivity contribution < 1.29 is 19.0 Å². The smallest absolute Gasteiger partial charge is 0.328 e. The van der Waals surface area contributed by atoms with Crippen LogP contribution < -0.4 is 14.2 Å². The molecule has 0 spiro atoms. The fraction of sp³-hybridized carbons (Fsp3) is 0.267. The molecular formula is C15H15ClN2O4. The highest BCUT2D eigenvalue weighted by atomic mass is 35.5. The molecule has 1 aromatic heterocycles. The van der Waals surface area contributed by atoms with Crippen LogP contribution in [-0.4, -0.2) is 30.0 Å². The summed E-state index contributed by atoms with van der Waals surface area (Å²) in [6.45, 7) is 1.75. The summed E-state index contributed by atoms with van der Waals surface area (Å²) in [7, 11) is 2.94. The van der Waals surface area contributed by atoms with Gasteiger partial charge >= 0.3 is 6.01 Å². The number of aromatic nitrogens is 2. The number of hydrogen-bond donors (Lipinski definition) is 0. The van der Waals surface area contributed by atoms with E-state index in [0.717, 1.165) is 0 Å². The number of hydrogen-bond acceptors (Lipinski definition) is 6. The van der Waals surface area contributed by atoms with E-state index >= 15 is 0 Å². The average molecular weight is 323 g/mol. The summed E-state index contributed by atoms with van der Waals surface area (Å²) < 4.78 is 15.7. The molecule has 2 rings (SSSR count). The molecule has 1 heterocycles. The van der Waals surface area contributed by atoms with Crippen LogP contribution in [0, 0.1) is 0 Å². The Morgan fingerprint density at radius 2 is 1.82 bits per heavy atom. The molecule has 0 atom stereocenters. The number of carbonyl (C=O) groups is 1. The Morgan fingerprint density at radius 3 is 2.36 bits per heavy atom. The number of ether oxygens (including phenoxy) is 3. The number of ketones is 1. The molecule has 6 nitrogen and oxygen atoms in total. The molecule has 22 heavy (non-hydrogen) atoms. The number of carbonyl (C=O) groups excluding carboxylic acids is 1. The number of halogens is 1. The van der Waals surface area contributed by atoms with Gasteiger partial charge in [0.1, 0.15) is 5.75 Å². The molecule has 0 saturated carbocycles. The Morgan fingerprint density at radius 1 is 1.18 bits per heavy atom. The van der Waals surface area contributed by atoms with Crippen LogP contribution in [-0.2, 0) is 0 Å². The Bertz CT molecular complexity index is 669. The second-order valence-electron chi connectivity index (χ2n) is 4.23. The largest absolute Gasteiger partial charge is 0.481 e. The second kappa shape index (κ2) is 7.09. The van der Waals surface area contributed by atoms with Crippen LogP contribution in [0.1, 0.15) is 23.7 Å². The lowest BCUT2D eigenvalue weighted by Gasteiger charge is -2.11. The van der Waals surface area contributed by atoms with Gasteiger partial charge < -0.3 is 14.2 Å². The first-order valence-corrected chi connectivity index (χ1v) is 6.93. The minimum atomic E-state index is -0.129. The Labute approximate surface area is 133 Å². The third kappa shape index (κ3) is 3.46. The molecule has 0 aliphatic carbocycles. The lowest BCUT2D eigenvalue weighted by molar-refractivity contribution is 0.0986. The van der Waals surface area contributed by atoms with Crippen molar-refractivity contribution >= 4 is 17.4 Å². The zero-order valence-corrected chi connectivity index (χ0v) is 13.2. The van der Waals surface area contributed by atoms with Crippen molar-refractivity contribution in [2.75, 3.05) is 14.2 Å². The van der Waals surface area contributed by atoms with Gasteiger partial charge in [-0.2, -0.15) is 9.97 Å². The summed E-state index contributed by atoms with van der Waals surface area (Å²) in [6.07, 6.45) is 0.308. The zero-order chi connectivity index (χ0) is 16.1. The highest BCUT2D eigenvalue weighted by Crippen LogP contribution is 2.31. The van der Waals surface area contributed by atoms with Crippen molar-refractivity contribution in [2.24, 2.45) is 0 Å². The van der Waals surface area contributed by atoms with E-state index in [1.54, 1.807) is 25.1 Å². The van der Waals surface area contributed by atoms with Crippen LogP contribution in [0.15, 0.2) is 24.3 Å². The van der Waals surface area contributed by atoms with E-state index in [0.29, 0.717) is 17.0 Å². The highest BCUT2D eigenvalue weighted by Gasteiger charge is 2.17. The van der Waals surface area contributed by atoms with Crippen molar-refractivity contribution in [2.45, 2.75) is 13.3 Å². The third-order valence-corrected chi connectivity index (χ3v) is 3.17.